The fourth-order valence-electron chi connectivity index (χ4n) is 3.04. The molecule has 0 saturated heterocycles. The smallest absolute Gasteiger partial charge is 0.226 e. The predicted molar refractivity (Wildman–Crippen MR) is 120 cm³/mol. The molecule has 2 heterocycles. The zero-order chi connectivity index (χ0) is 21.1. The Morgan fingerprint density at radius 2 is 2.07 bits per heavy atom. The first-order chi connectivity index (χ1) is 14.5. The number of hydrogen-bond donors (Lipinski definition) is 2. The Morgan fingerprint density at radius 3 is 2.87 bits per heavy atom. The van der Waals surface area contributed by atoms with Gasteiger partial charge in [-0.1, -0.05) is 26.0 Å². The summed E-state index contributed by atoms with van der Waals surface area (Å²) >= 11 is 1.45. The van der Waals surface area contributed by atoms with Crippen molar-refractivity contribution in [1.29, 1.82) is 0 Å². The van der Waals surface area contributed by atoms with Crippen LogP contribution in [-0.4, -0.2) is 30.1 Å². The number of nitrogens with one attached hydrogen (secondary N) is 1. The first-order valence-corrected chi connectivity index (χ1v) is 10.6. The minimum atomic E-state index is -1.10. The van der Waals surface area contributed by atoms with Crippen LogP contribution >= 0.6 is 11.3 Å². The van der Waals surface area contributed by atoms with Crippen molar-refractivity contribution < 1.29 is 19.3 Å². The summed E-state index contributed by atoms with van der Waals surface area (Å²) in [5.74, 6) is 2.49. The molecule has 0 fully saturated rings. The van der Waals surface area contributed by atoms with E-state index in [1.54, 1.807) is 7.11 Å². The van der Waals surface area contributed by atoms with Gasteiger partial charge in [0.15, 0.2) is 5.13 Å². The van der Waals surface area contributed by atoms with Crippen LogP contribution in [0.15, 0.2) is 47.8 Å². The summed E-state index contributed by atoms with van der Waals surface area (Å²) in [7, 11) is 1.63. The molecule has 1 aliphatic heterocycles. The largest absolute Gasteiger partial charge is 0.495 e. The van der Waals surface area contributed by atoms with Crippen LogP contribution in [0.4, 0.5) is 10.8 Å². The summed E-state index contributed by atoms with van der Waals surface area (Å²) in [6, 6.07) is 13.3. The maximum absolute atomic E-state index is 10.6. The molecular formula is C23H24N2O4S. The number of benzene rings is 2. The van der Waals surface area contributed by atoms with Gasteiger partial charge in [-0.2, -0.15) is 0 Å². The lowest BCUT2D eigenvalue weighted by Crippen LogP contribution is -2.21. The second-order valence-electron chi connectivity index (χ2n) is 7.34. The van der Waals surface area contributed by atoms with Gasteiger partial charge in [-0.3, -0.25) is 0 Å². The molecule has 0 aliphatic carbocycles. The molecule has 1 atom stereocenters. The monoisotopic (exact) mass is 424 g/mol. The van der Waals surface area contributed by atoms with Crippen molar-refractivity contribution in [3.05, 3.63) is 59.1 Å². The summed E-state index contributed by atoms with van der Waals surface area (Å²) in [6.45, 7) is 4.82. The molecule has 2 aromatic carbocycles. The van der Waals surface area contributed by atoms with E-state index in [9.17, 15) is 5.11 Å². The van der Waals surface area contributed by atoms with E-state index in [1.807, 2.05) is 53.9 Å². The first kappa shape index (κ1) is 20.3. The normalized spacial score (nSPS) is 15.2. The van der Waals surface area contributed by atoms with Gasteiger partial charge in [0, 0.05) is 22.6 Å². The quantitative estimate of drug-likeness (QED) is 0.544. The second kappa shape index (κ2) is 8.77. The fourth-order valence-corrected chi connectivity index (χ4v) is 3.77. The SMILES string of the molecule is COc1ccccc1Nc1nc(C2=Cc3ccc(OCC(C)C)cc3OC2O)cs1. The van der Waals surface area contributed by atoms with Crippen molar-refractivity contribution in [2.45, 2.75) is 20.1 Å². The van der Waals surface area contributed by atoms with Crippen molar-refractivity contribution >= 4 is 33.8 Å². The van der Waals surface area contributed by atoms with Crippen LogP contribution in [0.1, 0.15) is 25.1 Å². The molecule has 1 unspecified atom stereocenters. The van der Waals surface area contributed by atoms with Crippen LogP contribution in [-0.2, 0) is 0 Å². The van der Waals surface area contributed by atoms with Crippen molar-refractivity contribution in [3.8, 4) is 17.2 Å². The lowest BCUT2D eigenvalue weighted by atomic mass is 10.0. The maximum Gasteiger partial charge on any atom is 0.226 e. The highest BCUT2D eigenvalue weighted by molar-refractivity contribution is 7.13. The van der Waals surface area contributed by atoms with Crippen LogP contribution < -0.4 is 19.5 Å². The van der Waals surface area contributed by atoms with Gasteiger partial charge < -0.3 is 24.6 Å². The van der Waals surface area contributed by atoms with Gasteiger partial charge in [0.1, 0.15) is 17.2 Å². The van der Waals surface area contributed by atoms with Crippen LogP contribution in [0.5, 0.6) is 17.2 Å². The van der Waals surface area contributed by atoms with E-state index in [4.69, 9.17) is 14.2 Å². The van der Waals surface area contributed by atoms with E-state index >= 15 is 0 Å². The molecule has 1 aromatic heterocycles. The number of anilines is 2. The zero-order valence-electron chi connectivity index (χ0n) is 17.1. The van der Waals surface area contributed by atoms with Gasteiger partial charge in [0.25, 0.3) is 0 Å². The number of aliphatic hydroxyl groups excluding tert-OH is 1. The Labute approximate surface area is 179 Å². The van der Waals surface area contributed by atoms with Gasteiger partial charge in [0.05, 0.1) is 25.1 Å². The molecular weight excluding hydrogens is 400 g/mol. The molecule has 0 saturated carbocycles. The van der Waals surface area contributed by atoms with Gasteiger partial charge in [-0.05, 0) is 36.3 Å². The minimum absolute atomic E-state index is 0.433. The highest BCUT2D eigenvalue weighted by Crippen LogP contribution is 2.37. The molecule has 1 aliphatic rings. The van der Waals surface area contributed by atoms with E-state index < -0.39 is 6.29 Å². The number of aliphatic hydroxyl groups is 1. The summed E-state index contributed by atoms with van der Waals surface area (Å²) in [5, 5.41) is 16.4. The molecule has 30 heavy (non-hydrogen) atoms. The average molecular weight is 425 g/mol. The number of methoxy groups -OCH3 is 1. The molecule has 3 aromatic rings. The van der Waals surface area contributed by atoms with Crippen LogP contribution in [0, 0.1) is 5.92 Å². The molecule has 156 valence electrons. The third kappa shape index (κ3) is 4.42. The molecule has 2 N–H and O–H groups in total. The zero-order valence-corrected chi connectivity index (χ0v) is 17.9. The number of ether oxygens (including phenoxy) is 3. The number of fused-ring (bicyclic) bond motifs is 1. The minimum Gasteiger partial charge on any atom is -0.495 e. The lowest BCUT2D eigenvalue weighted by Gasteiger charge is -2.23. The summed E-state index contributed by atoms with van der Waals surface area (Å²) in [5.41, 5.74) is 2.98. The standard InChI is InChI=1S/C23H24N2O4S/c1-14(2)12-28-16-9-8-15-10-17(22(26)29-21(15)11-16)19-13-30-23(25-19)24-18-6-4-5-7-20(18)27-3/h4-11,13-14,22,26H,12H2,1-3H3,(H,24,25). The number of nitrogens with zero attached hydrogens (tertiary/aromatic N) is 1. The van der Waals surface area contributed by atoms with E-state index in [1.165, 1.54) is 11.3 Å². The van der Waals surface area contributed by atoms with Crippen molar-refractivity contribution in [1.82, 2.24) is 4.98 Å². The molecule has 7 heteroatoms. The molecule has 4 rings (SSSR count). The van der Waals surface area contributed by atoms with E-state index in [2.05, 4.69) is 24.1 Å². The van der Waals surface area contributed by atoms with E-state index in [0.29, 0.717) is 34.7 Å². The topological polar surface area (TPSA) is 72.8 Å². The Kier molecular flexibility index (Phi) is 5.92. The Balaban J connectivity index is 1.55. The summed E-state index contributed by atoms with van der Waals surface area (Å²) < 4.78 is 16.9. The molecule has 0 amide bonds. The lowest BCUT2D eigenvalue weighted by molar-refractivity contribution is 0.0316. The number of rotatable bonds is 7. The summed E-state index contributed by atoms with van der Waals surface area (Å²) in [6.07, 6.45) is 0.802. The van der Waals surface area contributed by atoms with Crippen LogP contribution in [0.2, 0.25) is 0 Å². The number of para-hydroxylation sites is 2. The van der Waals surface area contributed by atoms with Gasteiger partial charge in [0.2, 0.25) is 6.29 Å². The Bertz CT molecular complexity index is 1060. The highest BCUT2D eigenvalue weighted by Gasteiger charge is 2.24. The number of thiazole rings is 1. The Hall–Kier alpha value is -3.03. The van der Waals surface area contributed by atoms with Gasteiger partial charge in [-0.25, -0.2) is 4.98 Å². The molecule has 0 spiro atoms. The molecule has 0 radical (unpaired) electrons. The fraction of sp³-hybridized carbons (Fsp3) is 0.261. The molecule has 6 nitrogen and oxygen atoms in total. The van der Waals surface area contributed by atoms with E-state index in [0.717, 1.165) is 22.7 Å². The number of aromatic nitrogens is 1. The van der Waals surface area contributed by atoms with Crippen LogP contribution in [0.25, 0.3) is 11.6 Å². The van der Waals surface area contributed by atoms with Crippen LogP contribution in [0.3, 0.4) is 0 Å². The van der Waals surface area contributed by atoms with Crippen molar-refractivity contribution in [2.24, 2.45) is 5.92 Å². The highest BCUT2D eigenvalue weighted by atomic mass is 32.1. The first-order valence-electron chi connectivity index (χ1n) is 9.72. The molecule has 0 bridgehead atoms. The van der Waals surface area contributed by atoms with Gasteiger partial charge >= 0.3 is 0 Å². The predicted octanol–water partition coefficient (Wildman–Crippen LogP) is 5.18. The summed E-state index contributed by atoms with van der Waals surface area (Å²) in [4.78, 5) is 4.61. The average Bonchev–Trinajstić information content (AvgIpc) is 3.20. The second-order valence-corrected chi connectivity index (χ2v) is 8.20. The Morgan fingerprint density at radius 1 is 1.23 bits per heavy atom. The van der Waals surface area contributed by atoms with Crippen molar-refractivity contribution in [2.75, 3.05) is 19.0 Å². The third-order valence-corrected chi connectivity index (χ3v) is 5.29. The van der Waals surface area contributed by atoms with E-state index in [-0.39, 0.29) is 0 Å². The van der Waals surface area contributed by atoms with Gasteiger partial charge in [-0.15, -0.1) is 11.3 Å². The number of hydrogen-bond acceptors (Lipinski definition) is 7. The van der Waals surface area contributed by atoms with Crippen molar-refractivity contribution in [3.63, 3.8) is 0 Å². The third-order valence-electron chi connectivity index (χ3n) is 4.53. The maximum atomic E-state index is 10.6.